The van der Waals surface area contributed by atoms with Gasteiger partial charge >= 0.3 is 0 Å². The Morgan fingerprint density at radius 3 is 2.58 bits per heavy atom. The lowest BCUT2D eigenvalue weighted by atomic mass is 10.1. The highest BCUT2D eigenvalue weighted by Crippen LogP contribution is 2.23. The zero-order valence-electron chi connectivity index (χ0n) is 14.5. The lowest BCUT2D eigenvalue weighted by molar-refractivity contribution is -0.132. The van der Waals surface area contributed by atoms with Crippen LogP contribution >= 0.6 is 0 Å². The number of benzene rings is 2. The Bertz CT molecular complexity index is 833. The summed E-state index contributed by atoms with van der Waals surface area (Å²) in [7, 11) is 0. The first-order valence-corrected chi connectivity index (χ1v) is 8.34. The average Bonchev–Trinajstić information content (AvgIpc) is 2.95. The van der Waals surface area contributed by atoms with Crippen LogP contribution < -0.4 is 0 Å². The molecule has 2 aromatic carbocycles. The first-order valence-electron chi connectivity index (χ1n) is 8.34. The Morgan fingerprint density at radius 1 is 1.12 bits per heavy atom. The van der Waals surface area contributed by atoms with Gasteiger partial charge in [-0.25, -0.2) is 0 Å². The lowest BCUT2D eigenvalue weighted by Gasteiger charge is -2.27. The van der Waals surface area contributed by atoms with E-state index in [1.54, 1.807) is 6.26 Å². The predicted octanol–water partition coefficient (Wildman–Crippen LogP) is 4.72. The summed E-state index contributed by atoms with van der Waals surface area (Å²) in [4.78, 5) is 14.8. The second-order valence-corrected chi connectivity index (χ2v) is 6.54. The first-order chi connectivity index (χ1) is 11.5. The molecule has 0 unspecified atom stereocenters. The molecular formula is C21H23NO2. The third kappa shape index (κ3) is 3.51. The van der Waals surface area contributed by atoms with Gasteiger partial charge in [-0.2, -0.15) is 0 Å². The van der Waals surface area contributed by atoms with Gasteiger partial charge in [0, 0.05) is 23.5 Å². The quantitative estimate of drug-likeness (QED) is 0.681. The van der Waals surface area contributed by atoms with Crippen LogP contribution in [0.4, 0.5) is 0 Å². The van der Waals surface area contributed by atoms with Crippen molar-refractivity contribution in [2.24, 2.45) is 0 Å². The van der Waals surface area contributed by atoms with Crippen molar-refractivity contribution < 1.29 is 9.21 Å². The highest BCUT2D eigenvalue weighted by molar-refractivity contribution is 5.88. The number of rotatable bonds is 5. The summed E-state index contributed by atoms with van der Waals surface area (Å²) in [6.07, 6.45) is 2.07. The van der Waals surface area contributed by atoms with Gasteiger partial charge in [0.15, 0.2) is 0 Å². The van der Waals surface area contributed by atoms with Crippen molar-refractivity contribution in [1.29, 1.82) is 0 Å². The van der Waals surface area contributed by atoms with Gasteiger partial charge in [-0.05, 0) is 38.0 Å². The Hall–Kier alpha value is -2.55. The van der Waals surface area contributed by atoms with Crippen LogP contribution in [0.15, 0.2) is 59.2 Å². The van der Waals surface area contributed by atoms with Gasteiger partial charge in [0.1, 0.15) is 5.58 Å². The third-order valence-corrected chi connectivity index (χ3v) is 4.29. The largest absolute Gasteiger partial charge is 0.464 e. The second kappa shape index (κ2) is 6.91. The molecule has 0 atom stereocenters. The van der Waals surface area contributed by atoms with Crippen LogP contribution in [0.25, 0.3) is 11.0 Å². The number of carbonyl (C=O) groups excluding carboxylic acids is 1. The molecule has 124 valence electrons. The molecule has 3 aromatic rings. The van der Waals surface area contributed by atoms with Crippen LogP contribution in [0, 0.1) is 6.92 Å². The van der Waals surface area contributed by atoms with Crippen molar-refractivity contribution in [2.45, 2.75) is 39.8 Å². The van der Waals surface area contributed by atoms with Gasteiger partial charge in [0.2, 0.25) is 5.91 Å². The summed E-state index contributed by atoms with van der Waals surface area (Å²) in [5.74, 6) is 0.122. The minimum atomic E-state index is 0.122. The maximum atomic E-state index is 12.9. The zero-order chi connectivity index (χ0) is 17.1. The van der Waals surface area contributed by atoms with Crippen molar-refractivity contribution in [3.05, 3.63) is 71.5 Å². The topological polar surface area (TPSA) is 33.5 Å². The normalized spacial score (nSPS) is 11.2. The standard InChI is InChI=1S/C21H23NO2/c1-15(2)22(13-17-7-5-4-6-8-17)21(23)12-18-14-24-20-11-16(3)9-10-19(18)20/h4-11,14-15H,12-13H2,1-3H3. The smallest absolute Gasteiger partial charge is 0.227 e. The van der Waals surface area contributed by atoms with E-state index in [1.165, 1.54) is 0 Å². The van der Waals surface area contributed by atoms with E-state index in [-0.39, 0.29) is 11.9 Å². The number of hydrogen-bond acceptors (Lipinski definition) is 2. The van der Waals surface area contributed by atoms with Crippen LogP contribution in [0.2, 0.25) is 0 Å². The summed E-state index contributed by atoms with van der Waals surface area (Å²) in [5.41, 5.74) is 4.10. The van der Waals surface area contributed by atoms with Crippen LogP contribution in [0.5, 0.6) is 0 Å². The minimum Gasteiger partial charge on any atom is -0.464 e. The average molecular weight is 321 g/mol. The molecule has 3 rings (SSSR count). The van der Waals surface area contributed by atoms with Crippen molar-refractivity contribution >= 4 is 16.9 Å². The van der Waals surface area contributed by atoms with Crippen LogP contribution in [-0.4, -0.2) is 16.8 Å². The molecule has 0 spiro atoms. The molecule has 0 bridgehead atoms. The molecule has 1 amide bonds. The number of nitrogens with zero attached hydrogens (tertiary/aromatic N) is 1. The molecule has 0 saturated carbocycles. The summed E-state index contributed by atoms with van der Waals surface area (Å²) in [5, 5.41) is 1.03. The summed E-state index contributed by atoms with van der Waals surface area (Å²) >= 11 is 0. The summed E-state index contributed by atoms with van der Waals surface area (Å²) < 4.78 is 5.62. The fraction of sp³-hybridized carbons (Fsp3) is 0.286. The lowest BCUT2D eigenvalue weighted by Crippen LogP contribution is -2.37. The number of fused-ring (bicyclic) bond motifs is 1. The fourth-order valence-corrected chi connectivity index (χ4v) is 2.93. The predicted molar refractivity (Wildman–Crippen MR) is 96.8 cm³/mol. The van der Waals surface area contributed by atoms with Crippen molar-refractivity contribution in [3.8, 4) is 0 Å². The minimum absolute atomic E-state index is 0.122. The number of hydrogen-bond donors (Lipinski definition) is 0. The van der Waals surface area contributed by atoms with Gasteiger partial charge in [-0.15, -0.1) is 0 Å². The molecule has 0 aliphatic rings. The van der Waals surface area contributed by atoms with Crippen molar-refractivity contribution in [1.82, 2.24) is 4.90 Å². The second-order valence-electron chi connectivity index (χ2n) is 6.54. The number of furan rings is 1. The molecule has 3 heteroatoms. The number of amides is 1. The Kier molecular flexibility index (Phi) is 4.70. The molecule has 0 aliphatic carbocycles. The van der Waals surface area contributed by atoms with Gasteiger partial charge < -0.3 is 9.32 Å². The van der Waals surface area contributed by atoms with E-state index in [1.807, 2.05) is 42.2 Å². The molecule has 0 radical (unpaired) electrons. The highest BCUT2D eigenvalue weighted by Gasteiger charge is 2.19. The van der Waals surface area contributed by atoms with E-state index in [2.05, 4.69) is 32.0 Å². The Morgan fingerprint density at radius 2 is 1.88 bits per heavy atom. The maximum Gasteiger partial charge on any atom is 0.227 e. The third-order valence-electron chi connectivity index (χ3n) is 4.29. The Balaban J connectivity index is 1.80. The monoisotopic (exact) mass is 321 g/mol. The molecule has 1 aromatic heterocycles. The molecular weight excluding hydrogens is 298 g/mol. The molecule has 24 heavy (non-hydrogen) atoms. The molecule has 0 N–H and O–H groups in total. The Labute approximate surface area is 142 Å². The van der Waals surface area contributed by atoms with E-state index < -0.39 is 0 Å². The van der Waals surface area contributed by atoms with Crippen molar-refractivity contribution in [2.75, 3.05) is 0 Å². The van der Waals surface area contributed by atoms with E-state index in [0.717, 1.165) is 27.7 Å². The van der Waals surface area contributed by atoms with Crippen LogP contribution in [0.3, 0.4) is 0 Å². The highest BCUT2D eigenvalue weighted by atomic mass is 16.3. The number of aryl methyl sites for hydroxylation is 1. The van der Waals surface area contributed by atoms with Crippen LogP contribution in [-0.2, 0) is 17.8 Å². The van der Waals surface area contributed by atoms with E-state index in [9.17, 15) is 4.79 Å². The molecule has 3 nitrogen and oxygen atoms in total. The molecule has 0 aliphatic heterocycles. The van der Waals surface area contributed by atoms with E-state index >= 15 is 0 Å². The zero-order valence-corrected chi connectivity index (χ0v) is 14.5. The van der Waals surface area contributed by atoms with Gasteiger partial charge in [-0.1, -0.05) is 42.5 Å². The maximum absolute atomic E-state index is 12.9. The first kappa shape index (κ1) is 16.3. The van der Waals surface area contributed by atoms with Gasteiger partial charge in [0.05, 0.1) is 12.7 Å². The van der Waals surface area contributed by atoms with Crippen LogP contribution in [0.1, 0.15) is 30.5 Å². The van der Waals surface area contributed by atoms with Crippen molar-refractivity contribution in [3.63, 3.8) is 0 Å². The molecule has 1 heterocycles. The molecule has 0 fully saturated rings. The molecule has 0 saturated heterocycles. The SMILES string of the molecule is Cc1ccc2c(CC(=O)N(Cc3ccccc3)C(C)C)coc2c1. The summed E-state index contributed by atoms with van der Waals surface area (Å²) in [6, 6.07) is 16.4. The van der Waals surface area contributed by atoms with E-state index in [4.69, 9.17) is 4.42 Å². The summed E-state index contributed by atoms with van der Waals surface area (Å²) in [6.45, 7) is 6.77. The van der Waals surface area contributed by atoms with E-state index in [0.29, 0.717) is 13.0 Å². The van der Waals surface area contributed by atoms with Gasteiger partial charge in [0.25, 0.3) is 0 Å². The van der Waals surface area contributed by atoms with Gasteiger partial charge in [-0.3, -0.25) is 4.79 Å². The number of carbonyl (C=O) groups is 1. The fourth-order valence-electron chi connectivity index (χ4n) is 2.93.